The van der Waals surface area contributed by atoms with Crippen LogP contribution in [0.4, 0.5) is 10.1 Å². The van der Waals surface area contributed by atoms with Crippen molar-refractivity contribution in [3.8, 4) is 11.4 Å². The lowest BCUT2D eigenvalue weighted by molar-refractivity contribution is -0.384. The number of carbonyl (C=O) groups is 2. The highest BCUT2D eigenvalue weighted by atomic mass is 32.2. The van der Waals surface area contributed by atoms with E-state index in [1.807, 2.05) is 23.6 Å². The Hall–Kier alpha value is -5.41. The summed E-state index contributed by atoms with van der Waals surface area (Å²) < 4.78 is 20.8. The number of nitrogens with zero attached hydrogens (tertiary/aromatic N) is 6. The van der Waals surface area contributed by atoms with Gasteiger partial charge < -0.3 is 10.1 Å². The van der Waals surface area contributed by atoms with E-state index < -0.39 is 16.9 Å². The highest BCUT2D eigenvalue weighted by Crippen LogP contribution is 2.35. The Labute approximate surface area is 276 Å². The Morgan fingerprint density at radius 1 is 1.02 bits per heavy atom. The SMILES string of the molecule is O=C(COc1ccccc1)NCc1nnc(SCC(=O)N2N=C(c3cccs3)C[C@H]2c2ccc(F)cc2)n1-c1ccc([N+](=O)[O-])cc1. The van der Waals surface area contributed by atoms with Crippen molar-refractivity contribution in [3.05, 3.63) is 129 Å². The molecule has 5 aromatic rings. The predicted octanol–water partition coefficient (Wildman–Crippen LogP) is 5.54. The maximum absolute atomic E-state index is 13.7. The zero-order valence-electron chi connectivity index (χ0n) is 24.6. The number of ether oxygens (including phenoxy) is 1. The van der Waals surface area contributed by atoms with Gasteiger partial charge in [-0.1, -0.05) is 48.2 Å². The molecule has 12 nitrogen and oxygen atoms in total. The molecule has 0 radical (unpaired) electrons. The molecule has 3 aromatic carbocycles. The van der Waals surface area contributed by atoms with E-state index in [-0.39, 0.29) is 36.3 Å². The number of nitro benzene ring substituents is 1. The number of para-hydroxylation sites is 1. The fourth-order valence-corrected chi connectivity index (χ4v) is 6.40. The van der Waals surface area contributed by atoms with E-state index >= 15 is 0 Å². The van der Waals surface area contributed by atoms with E-state index in [4.69, 9.17) is 4.74 Å². The van der Waals surface area contributed by atoms with Crippen molar-refractivity contribution in [2.75, 3.05) is 12.4 Å². The number of hydrazone groups is 1. The van der Waals surface area contributed by atoms with Crippen molar-refractivity contribution in [3.63, 3.8) is 0 Å². The molecule has 2 aromatic heterocycles. The summed E-state index contributed by atoms with van der Waals surface area (Å²) in [6.45, 7) is -0.243. The average Bonchev–Trinajstić information content (AvgIpc) is 3.87. The molecule has 238 valence electrons. The second-order valence-electron chi connectivity index (χ2n) is 10.2. The molecule has 2 amide bonds. The lowest BCUT2D eigenvalue weighted by Crippen LogP contribution is -2.29. The van der Waals surface area contributed by atoms with Crippen LogP contribution in [0.5, 0.6) is 5.75 Å². The van der Waals surface area contributed by atoms with Crippen molar-refractivity contribution in [2.24, 2.45) is 5.10 Å². The average molecular weight is 672 g/mol. The number of non-ortho nitro benzene ring substituents is 1. The number of nitro groups is 1. The molecule has 0 aliphatic carbocycles. The summed E-state index contributed by atoms with van der Waals surface area (Å²) >= 11 is 2.63. The van der Waals surface area contributed by atoms with Gasteiger partial charge in [-0.05, 0) is 53.4 Å². The summed E-state index contributed by atoms with van der Waals surface area (Å²) in [5.41, 5.74) is 1.92. The van der Waals surface area contributed by atoms with Crippen molar-refractivity contribution >= 4 is 46.3 Å². The molecule has 0 saturated heterocycles. The van der Waals surface area contributed by atoms with Crippen LogP contribution in [-0.4, -0.2) is 54.6 Å². The van der Waals surface area contributed by atoms with Gasteiger partial charge in [-0.25, -0.2) is 9.40 Å². The summed E-state index contributed by atoms with van der Waals surface area (Å²) in [5.74, 6) is -0.252. The van der Waals surface area contributed by atoms with E-state index in [1.165, 1.54) is 40.6 Å². The van der Waals surface area contributed by atoms with Gasteiger partial charge in [0.25, 0.3) is 17.5 Å². The molecule has 0 saturated carbocycles. The van der Waals surface area contributed by atoms with E-state index in [0.29, 0.717) is 28.8 Å². The van der Waals surface area contributed by atoms with Crippen LogP contribution in [0, 0.1) is 15.9 Å². The van der Waals surface area contributed by atoms with Gasteiger partial charge >= 0.3 is 0 Å². The van der Waals surface area contributed by atoms with E-state index in [0.717, 1.165) is 27.9 Å². The van der Waals surface area contributed by atoms with Crippen molar-refractivity contribution < 1.29 is 23.6 Å². The van der Waals surface area contributed by atoms with Gasteiger partial charge in [0.1, 0.15) is 11.6 Å². The first-order valence-corrected chi connectivity index (χ1v) is 16.2. The summed E-state index contributed by atoms with van der Waals surface area (Å²) in [6.07, 6.45) is 0.472. The number of thiophene rings is 1. The number of thioether (sulfide) groups is 1. The summed E-state index contributed by atoms with van der Waals surface area (Å²) in [4.78, 5) is 37.9. The van der Waals surface area contributed by atoms with Gasteiger partial charge in [0.15, 0.2) is 17.6 Å². The normalized spacial score (nSPS) is 14.1. The minimum atomic E-state index is -0.503. The Bertz CT molecular complexity index is 1900. The third kappa shape index (κ3) is 7.53. The van der Waals surface area contributed by atoms with Gasteiger partial charge in [0.2, 0.25) is 0 Å². The van der Waals surface area contributed by atoms with Crippen LogP contribution in [0.1, 0.15) is 28.7 Å². The Morgan fingerprint density at radius 3 is 2.49 bits per heavy atom. The molecule has 0 bridgehead atoms. The number of halogens is 1. The van der Waals surface area contributed by atoms with Crippen LogP contribution in [0.3, 0.4) is 0 Å². The van der Waals surface area contributed by atoms with Crippen molar-refractivity contribution in [1.29, 1.82) is 0 Å². The fourth-order valence-electron chi connectivity index (χ4n) is 4.85. The van der Waals surface area contributed by atoms with Crippen LogP contribution in [0.15, 0.2) is 107 Å². The minimum absolute atomic E-state index is 0.0251. The molecule has 3 heterocycles. The smallest absolute Gasteiger partial charge is 0.269 e. The predicted molar refractivity (Wildman–Crippen MR) is 174 cm³/mol. The molecule has 0 spiro atoms. The first kappa shape index (κ1) is 31.6. The minimum Gasteiger partial charge on any atom is -0.484 e. The largest absolute Gasteiger partial charge is 0.484 e. The summed E-state index contributed by atoms with van der Waals surface area (Å²) in [6, 6.07) is 24.1. The van der Waals surface area contributed by atoms with Crippen LogP contribution >= 0.6 is 23.1 Å². The maximum atomic E-state index is 13.7. The van der Waals surface area contributed by atoms with Gasteiger partial charge in [0, 0.05) is 24.2 Å². The maximum Gasteiger partial charge on any atom is 0.269 e. The highest BCUT2D eigenvalue weighted by molar-refractivity contribution is 7.99. The molecule has 47 heavy (non-hydrogen) atoms. The van der Waals surface area contributed by atoms with Crippen molar-refractivity contribution in [1.82, 2.24) is 25.1 Å². The van der Waals surface area contributed by atoms with Crippen LogP contribution in [-0.2, 0) is 16.1 Å². The zero-order chi connectivity index (χ0) is 32.8. The first-order chi connectivity index (χ1) is 22.9. The van der Waals surface area contributed by atoms with Gasteiger partial charge in [-0.3, -0.25) is 24.3 Å². The third-order valence-corrected chi connectivity index (χ3v) is 8.96. The molecule has 0 fully saturated rings. The summed E-state index contributed by atoms with van der Waals surface area (Å²) in [7, 11) is 0. The molecule has 1 aliphatic heterocycles. The van der Waals surface area contributed by atoms with Gasteiger partial charge in [-0.2, -0.15) is 5.10 Å². The lowest BCUT2D eigenvalue weighted by atomic mass is 10.0. The van der Waals surface area contributed by atoms with E-state index in [2.05, 4.69) is 20.6 Å². The van der Waals surface area contributed by atoms with Crippen LogP contribution in [0.2, 0.25) is 0 Å². The van der Waals surface area contributed by atoms with E-state index in [9.17, 15) is 24.1 Å². The molecule has 1 aliphatic rings. The first-order valence-electron chi connectivity index (χ1n) is 14.3. The summed E-state index contributed by atoms with van der Waals surface area (Å²) in [5, 5.41) is 30.9. The number of hydrogen-bond donors (Lipinski definition) is 1. The second kappa shape index (κ2) is 14.3. The standard InChI is InChI=1S/C32H26FN7O5S2/c33-22-10-8-21(9-11-22)27-17-26(28-7-4-16-46-28)37-39(27)31(42)20-47-32-36-35-29(38(32)23-12-14-24(15-13-23)40(43)44)18-34-30(41)19-45-25-5-2-1-3-6-25/h1-16,27H,17-20H2,(H,34,41)/t27-/m0/s1. The number of nitrogens with one attached hydrogen (secondary N) is 1. The molecule has 0 unspecified atom stereocenters. The van der Waals surface area contributed by atoms with Crippen LogP contribution in [0.25, 0.3) is 5.69 Å². The molecule has 6 rings (SSSR count). The third-order valence-electron chi connectivity index (χ3n) is 7.13. The number of aromatic nitrogens is 3. The number of benzene rings is 3. The Morgan fingerprint density at radius 2 is 1.79 bits per heavy atom. The van der Waals surface area contributed by atoms with E-state index in [1.54, 1.807) is 53.1 Å². The number of rotatable bonds is 12. The molecule has 15 heteroatoms. The molecule has 1 atom stereocenters. The number of carbonyl (C=O) groups excluding carboxylic acids is 2. The number of hydrogen-bond acceptors (Lipinski definition) is 10. The molecular weight excluding hydrogens is 646 g/mol. The Kier molecular flexibility index (Phi) is 9.64. The molecular formula is C32H26FN7O5S2. The van der Waals surface area contributed by atoms with Gasteiger partial charge in [0.05, 0.1) is 33.9 Å². The fraction of sp³-hybridized carbons (Fsp3) is 0.156. The highest BCUT2D eigenvalue weighted by Gasteiger charge is 2.33. The van der Waals surface area contributed by atoms with Crippen molar-refractivity contribution in [2.45, 2.75) is 24.2 Å². The van der Waals surface area contributed by atoms with Crippen LogP contribution < -0.4 is 10.1 Å². The molecule has 1 N–H and O–H groups in total. The quantitative estimate of drug-likeness (QED) is 0.103. The second-order valence-corrected chi connectivity index (χ2v) is 12.1. The Balaban J connectivity index is 1.20. The monoisotopic (exact) mass is 671 g/mol. The lowest BCUT2D eigenvalue weighted by Gasteiger charge is -2.22. The topological polar surface area (TPSA) is 145 Å². The van der Waals surface area contributed by atoms with Gasteiger partial charge in [-0.15, -0.1) is 21.5 Å². The zero-order valence-corrected chi connectivity index (χ0v) is 26.2. The number of amides is 2.